The number of aromatic nitrogens is 1. The summed E-state index contributed by atoms with van der Waals surface area (Å²) in [5.74, 6) is 1.89. The number of hydrogen-bond donors (Lipinski definition) is 1. The van der Waals surface area contributed by atoms with Crippen LogP contribution >= 0.6 is 0 Å². The number of rotatable bonds is 6. The second-order valence-electron chi connectivity index (χ2n) is 6.81. The van der Waals surface area contributed by atoms with Gasteiger partial charge in [0.05, 0.1) is 6.20 Å². The lowest BCUT2D eigenvalue weighted by Gasteiger charge is -2.30. The molecule has 21 heavy (non-hydrogen) atoms. The molecule has 1 unspecified atom stereocenters. The molecule has 1 aromatic heterocycles. The van der Waals surface area contributed by atoms with E-state index < -0.39 is 0 Å². The van der Waals surface area contributed by atoms with E-state index in [9.17, 15) is 4.39 Å². The number of halogens is 1. The number of nitrogens with zero attached hydrogens (tertiary/aromatic N) is 2. The molecule has 1 aromatic rings. The van der Waals surface area contributed by atoms with E-state index in [2.05, 4.69) is 42.9 Å². The maximum atomic E-state index is 13.6. The van der Waals surface area contributed by atoms with Crippen molar-refractivity contribution in [2.24, 2.45) is 11.8 Å². The van der Waals surface area contributed by atoms with Crippen LogP contribution in [0.3, 0.4) is 0 Å². The fourth-order valence-electron chi connectivity index (χ4n) is 3.11. The van der Waals surface area contributed by atoms with E-state index in [1.165, 1.54) is 19.0 Å². The largest absolute Gasteiger partial charge is 0.353 e. The monoisotopic (exact) mass is 293 g/mol. The molecular weight excluding hydrogens is 265 g/mol. The Morgan fingerprint density at radius 3 is 2.81 bits per heavy atom. The van der Waals surface area contributed by atoms with Crippen molar-refractivity contribution >= 4 is 5.82 Å². The predicted molar refractivity (Wildman–Crippen MR) is 85.9 cm³/mol. The number of hydrogen-bond acceptors (Lipinski definition) is 3. The Hall–Kier alpha value is -1.16. The van der Waals surface area contributed by atoms with Crippen LogP contribution in [0.2, 0.25) is 0 Å². The molecule has 0 radical (unpaired) electrons. The molecule has 0 bridgehead atoms. The van der Waals surface area contributed by atoms with Crippen LogP contribution < -0.4 is 10.2 Å². The first kappa shape index (κ1) is 16.2. The lowest BCUT2D eigenvalue weighted by molar-refractivity contribution is 0.486. The van der Waals surface area contributed by atoms with Gasteiger partial charge in [-0.3, -0.25) is 0 Å². The molecule has 3 nitrogen and oxygen atoms in total. The van der Waals surface area contributed by atoms with Crippen LogP contribution in [0.25, 0.3) is 0 Å². The summed E-state index contributed by atoms with van der Waals surface area (Å²) in [6.45, 7) is 11.5. The fourth-order valence-corrected chi connectivity index (χ4v) is 3.11. The molecular formula is C17H28FN3. The van der Waals surface area contributed by atoms with Gasteiger partial charge in [0.25, 0.3) is 0 Å². The van der Waals surface area contributed by atoms with Crippen LogP contribution in [-0.2, 0) is 6.54 Å². The number of nitrogens with one attached hydrogen (secondary N) is 1. The summed E-state index contributed by atoms with van der Waals surface area (Å²) in [5.41, 5.74) is 0.975. The number of pyridine rings is 1. The molecule has 0 aromatic carbocycles. The molecule has 0 amide bonds. The van der Waals surface area contributed by atoms with Crippen LogP contribution in [0, 0.1) is 17.7 Å². The Kier molecular flexibility index (Phi) is 5.57. The van der Waals surface area contributed by atoms with Crippen molar-refractivity contribution in [3.63, 3.8) is 0 Å². The van der Waals surface area contributed by atoms with Gasteiger partial charge >= 0.3 is 0 Å². The van der Waals surface area contributed by atoms with Crippen LogP contribution in [0.4, 0.5) is 10.2 Å². The van der Waals surface area contributed by atoms with Gasteiger partial charge in [-0.25, -0.2) is 9.37 Å². The Morgan fingerprint density at radius 1 is 1.38 bits per heavy atom. The smallest absolute Gasteiger partial charge is 0.141 e. The maximum Gasteiger partial charge on any atom is 0.141 e. The van der Waals surface area contributed by atoms with Crippen molar-refractivity contribution in [1.82, 2.24) is 10.3 Å². The average Bonchev–Trinajstić information content (AvgIpc) is 2.87. The van der Waals surface area contributed by atoms with Crippen LogP contribution in [0.15, 0.2) is 12.3 Å². The van der Waals surface area contributed by atoms with Crippen molar-refractivity contribution in [2.45, 2.75) is 53.1 Å². The third kappa shape index (κ3) is 4.16. The highest BCUT2D eigenvalue weighted by Crippen LogP contribution is 2.30. The van der Waals surface area contributed by atoms with E-state index >= 15 is 0 Å². The summed E-state index contributed by atoms with van der Waals surface area (Å²) in [6.07, 6.45) is 3.74. The highest BCUT2D eigenvalue weighted by Gasteiger charge is 2.29. The molecule has 1 fully saturated rings. The van der Waals surface area contributed by atoms with Crippen molar-refractivity contribution in [1.29, 1.82) is 0 Å². The summed E-state index contributed by atoms with van der Waals surface area (Å²) in [5, 5.41) is 3.40. The van der Waals surface area contributed by atoms with Crippen molar-refractivity contribution in [3.8, 4) is 0 Å². The van der Waals surface area contributed by atoms with Gasteiger partial charge in [0.15, 0.2) is 0 Å². The minimum atomic E-state index is -0.250. The van der Waals surface area contributed by atoms with E-state index in [0.717, 1.165) is 24.5 Å². The van der Waals surface area contributed by atoms with E-state index in [4.69, 9.17) is 0 Å². The van der Waals surface area contributed by atoms with Crippen LogP contribution in [0.5, 0.6) is 0 Å². The zero-order valence-electron chi connectivity index (χ0n) is 13.7. The molecule has 1 aliphatic rings. The van der Waals surface area contributed by atoms with Gasteiger partial charge in [0, 0.05) is 24.7 Å². The number of anilines is 1. The minimum Gasteiger partial charge on any atom is -0.353 e. The van der Waals surface area contributed by atoms with E-state index in [1.807, 2.05) is 0 Å². The molecule has 1 aliphatic heterocycles. The molecule has 1 saturated heterocycles. The fraction of sp³-hybridized carbons (Fsp3) is 0.706. The van der Waals surface area contributed by atoms with Crippen LogP contribution in [0.1, 0.15) is 46.1 Å². The first-order chi connectivity index (χ1) is 9.99. The third-order valence-corrected chi connectivity index (χ3v) is 4.12. The Morgan fingerprint density at radius 2 is 2.14 bits per heavy atom. The highest BCUT2D eigenvalue weighted by atomic mass is 19.1. The Labute approximate surface area is 127 Å². The lowest BCUT2D eigenvalue weighted by Crippen LogP contribution is -2.35. The Balaban J connectivity index is 2.18. The summed E-state index contributed by atoms with van der Waals surface area (Å²) in [4.78, 5) is 6.77. The first-order valence-corrected chi connectivity index (χ1v) is 8.10. The predicted octanol–water partition coefficient (Wildman–Crippen LogP) is 3.59. The topological polar surface area (TPSA) is 28.2 Å². The quantitative estimate of drug-likeness (QED) is 0.869. The van der Waals surface area contributed by atoms with Gasteiger partial charge in [-0.05, 0) is 37.3 Å². The van der Waals surface area contributed by atoms with Gasteiger partial charge in [0.2, 0.25) is 0 Å². The summed E-state index contributed by atoms with van der Waals surface area (Å²) in [7, 11) is 0. The van der Waals surface area contributed by atoms with Crippen LogP contribution in [-0.4, -0.2) is 24.1 Å². The molecule has 2 heterocycles. The molecule has 4 heteroatoms. The third-order valence-electron chi connectivity index (χ3n) is 4.12. The molecule has 2 rings (SSSR count). The molecule has 1 N–H and O–H groups in total. The van der Waals surface area contributed by atoms with Crippen molar-refractivity contribution in [2.75, 3.05) is 18.0 Å². The SMILES string of the molecule is CC(C)CNCc1cc(F)cnc1N1CCCC1C(C)C. The molecule has 118 valence electrons. The van der Waals surface area contributed by atoms with E-state index in [0.29, 0.717) is 24.4 Å². The van der Waals surface area contributed by atoms with E-state index in [-0.39, 0.29) is 5.82 Å². The Bertz CT molecular complexity index is 459. The first-order valence-electron chi connectivity index (χ1n) is 8.10. The maximum absolute atomic E-state index is 13.6. The van der Waals surface area contributed by atoms with E-state index in [1.54, 1.807) is 6.07 Å². The van der Waals surface area contributed by atoms with Crippen molar-refractivity contribution in [3.05, 3.63) is 23.6 Å². The zero-order valence-corrected chi connectivity index (χ0v) is 13.7. The standard InChI is InChI=1S/C17H28FN3/c1-12(2)9-19-10-14-8-15(18)11-20-17(14)21-7-5-6-16(21)13(3)4/h8,11-13,16,19H,5-7,9-10H2,1-4H3. The normalized spacial score (nSPS) is 19.0. The van der Waals surface area contributed by atoms with Gasteiger partial charge in [-0.2, -0.15) is 0 Å². The molecule has 0 saturated carbocycles. The minimum absolute atomic E-state index is 0.250. The molecule has 0 spiro atoms. The van der Waals surface area contributed by atoms with Crippen molar-refractivity contribution < 1.29 is 4.39 Å². The summed E-state index contributed by atoms with van der Waals surface area (Å²) < 4.78 is 13.6. The van der Waals surface area contributed by atoms with Gasteiger partial charge in [-0.15, -0.1) is 0 Å². The average molecular weight is 293 g/mol. The van der Waals surface area contributed by atoms with Gasteiger partial charge < -0.3 is 10.2 Å². The second kappa shape index (κ2) is 7.21. The lowest BCUT2D eigenvalue weighted by atomic mass is 10.0. The summed E-state index contributed by atoms with van der Waals surface area (Å²) >= 11 is 0. The van der Waals surface area contributed by atoms with Gasteiger partial charge in [-0.1, -0.05) is 27.7 Å². The highest BCUT2D eigenvalue weighted by molar-refractivity contribution is 5.49. The summed E-state index contributed by atoms with van der Waals surface area (Å²) in [6, 6.07) is 2.15. The van der Waals surface area contributed by atoms with Gasteiger partial charge in [0.1, 0.15) is 11.6 Å². The molecule has 0 aliphatic carbocycles. The zero-order chi connectivity index (χ0) is 15.4. The molecule has 1 atom stereocenters. The second-order valence-corrected chi connectivity index (χ2v) is 6.81.